The molecule has 0 aliphatic carbocycles. The molecule has 0 bridgehead atoms. The minimum Gasteiger partial charge on any atom is -0.394 e. The number of allylic oxidation sites excluding steroid dienone is 2. The van der Waals surface area contributed by atoms with E-state index in [0.29, 0.717) is 12.8 Å². The van der Waals surface area contributed by atoms with Crippen LogP contribution in [0.5, 0.6) is 0 Å². The van der Waals surface area contributed by atoms with Crippen LogP contribution in [0.25, 0.3) is 0 Å². The Morgan fingerprint density at radius 1 is 0.471 bits per heavy atom. The lowest BCUT2D eigenvalue weighted by atomic mass is 9.99. The highest BCUT2D eigenvalue weighted by molar-refractivity contribution is 5.76. The summed E-state index contributed by atoms with van der Waals surface area (Å²) in [6.07, 6.45) is 56.8. The number of carbonyl (C=O) groups is 1. The van der Waals surface area contributed by atoms with Gasteiger partial charge in [0.25, 0.3) is 0 Å². The van der Waals surface area contributed by atoms with Crippen molar-refractivity contribution in [3.63, 3.8) is 0 Å². The summed E-state index contributed by atoms with van der Waals surface area (Å²) in [5.41, 5.74) is 0. The lowest BCUT2D eigenvalue weighted by molar-refractivity contribution is -0.302. The van der Waals surface area contributed by atoms with Crippen LogP contribution in [0.1, 0.15) is 316 Å². The number of nitrogens with one attached hydrogen (secondary N) is 1. The van der Waals surface area contributed by atoms with E-state index >= 15 is 0 Å². The Morgan fingerprint density at radius 3 is 1.16 bits per heavy atom. The summed E-state index contributed by atoms with van der Waals surface area (Å²) < 4.78 is 11.3. The summed E-state index contributed by atoms with van der Waals surface area (Å²) in [6, 6.07) is -0.716. The van der Waals surface area contributed by atoms with Crippen molar-refractivity contribution in [3.05, 3.63) is 12.2 Å². The predicted molar refractivity (Wildman–Crippen MR) is 295 cm³/mol. The third-order valence-corrected chi connectivity index (χ3v) is 15.1. The van der Waals surface area contributed by atoms with Gasteiger partial charge in [-0.1, -0.05) is 283 Å². The topological polar surface area (TPSA) is 149 Å². The van der Waals surface area contributed by atoms with Crippen LogP contribution in [-0.2, 0) is 14.3 Å². The molecule has 70 heavy (non-hydrogen) atoms. The van der Waals surface area contributed by atoms with Gasteiger partial charge in [0.2, 0.25) is 5.91 Å². The van der Waals surface area contributed by atoms with Crippen molar-refractivity contribution in [1.29, 1.82) is 0 Å². The van der Waals surface area contributed by atoms with E-state index < -0.39 is 49.5 Å². The average molecular weight is 995 g/mol. The van der Waals surface area contributed by atoms with Crippen LogP contribution in [0.15, 0.2) is 12.2 Å². The predicted octanol–water partition coefficient (Wildman–Crippen LogP) is 15.6. The molecule has 0 saturated carbocycles. The minimum atomic E-state index is -1.55. The van der Waals surface area contributed by atoms with Gasteiger partial charge < -0.3 is 40.3 Å². The monoisotopic (exact) mass is 994 g/mol. The second-order valence-electron chi connectivity index (χ2n) is 21.9. The number of rotatable bonds is 54. The minimum absolute atomic E-state index is 0.133. The Labute approximate surface area is 433 Å². The summed E-state index contributed by atoms with van der Waals surface area (Å²) in [6.45, 7) is 3.88. The van der Waals surface area contributed by atoms with Crippen molar-refractivity contribution in [2.24, 2.45) is 0 Å². The highest BCUT2D eigenvalue weighted by Crippen LogP contribution is 2.23. The molecular formula is C61H119NO8. The standard InChI is InChI=1S/C61H119NO8/c1-3-5-7-9-11-13-15-17-19-21-23-24-25-26-27-28-29-30-31-32-33-35-37-39-41-43-45-47-49-51-57(65)62-54(53-69-61-60(68)59(67)58(66)56(52-63)70-61)55(64)50-48-46-44-42-40-38-36-34-22-20-18-16-14-12-10-8-6-4-2/h26-27,54-56,58-61,63-64,66-68H,3-25,28-53H2,1-2H3,(H,62,65)/b27-26-. The molecule has 9 nitrogen and oxygen atoms in total. The van der Waals surface area contributed by atoms with Gasteiger partial charge in [-0.25, -0.2) is 0 Å². The van der Waals surface area contributed by atoms with E-state index in [1.54, 1.807) is 0 Å². The normalized spacial score (nSPS) is 19.3. The number of aliphatic hydroxyl groups excluding tert-OH is 5. The van der Waals surface area contributed by atoms with Gasteiger partial charge >= 0.3 is 0 Å². The van der Waals surface area contributed by atoms with E-state index in [9.17, 15) is 30.3 Å². The molecule has 0 radical (unpaired) electrons. The maximum absolute atomic E-state index is 13.1. The van der Waals surface area contributed by atoms with E-state index in [2.05, 4.69) is 31.3 Å². The smallest absolute Gasteiger partial charge is 0.220 e. The number of ether oxygens (including phenoxy) is 2. The van der Waals surface area contributed by atoms with Crippen LogP contribution >= 0.6 is 0 Å². The highest BCUT2D eigenvalue weighted by Gasteiger charge is 2.44. The molecule has 0 aromatic rings. The number of hydrogen-bond donors (Lipinski definition) is 6. The number of amides is 1. The van der Waals surface area contributed by atoms with Crippen molar-refractivity contribution in [2.75, 3.05) is 13.2 Å². The van der Waals surface area contributed by atoms with Gasteiger partial charge in [-0.3, -0.25) is 4.79 Å². The van der Waals surface area contributed by atoms with E-state index in [-0.39, 0.29) is 12.5 Å². The van der Waals surface area contributed by atoms with Crippen LogP contribution in [0.3, 0.4) is 0 Å². The molecule has 1 rings (SSSR count). The average Bonchev–Trinajstić information content (AvgIpc) is 3.36. The maximum atomic E-state index is 13.1. The van der Waals surface area contributed by atoms with E-state index in [1.165, 1.54) is 250 Å². The van der Waals surface area contributed by atoms with Crippen molar-refractivity contribution < 1.29 is 39.8 Å². The summed E-state index contributed by atoms with van der Waals surface area (Å²) >= 11 is 0. The fourth-order valence-corrected chi connectivity index (χ4v) is 10.2. The Kier molecular flexibility index (Phi) is 49.2. The second-order valence-corrected chi connectivity index (χ2v) is 21.9. The second kappa shape index (κ2) is 51.4. The molecule has 416 valence electrons. The van der Waals surface area contributed by atoms with Gasteiger partial charge in [-0.15, -0.1) is 0 Å². The largest absolute Gasteiger partial charge is 0.394 e. The van der Waals surface area contributed by atoms with Crippen molar-refractivity contribution >= 4 is 5.91 Å². The molecule has 7 atom stereocenters. The van der Waals surface area contributed by atoms with Crippen LogP contribution < -0.4 is 5.32 Å². The molecule has 1 aliphatic rings. The number of hydrogen-bond acceptors (Lipinski definition) is 8. The first-order valence-electron chi connectivity index (χ1n) is 30.9. The Hall–Kier alpha value is -1.07. The Morgan fingerprint density at radius 2 is 0.800 bits per heavy atom. The lowest BCUT2D eigenvalue weighted by Gasteiger charge is -2.40. The molecule has 1 heterocycles. The molecule has 1 aliphatic heterocycles. The first-order chi connectivity index (χ1) is 34.3. The van der Waals surface area contributed by atoms with Crippen LogP contribution in [0, 0.1) is 0 Å². The molecule has 0 aromatic carbocycles. The third kappa shape index (κ3) is 40.3. The van der Waals surface area contributed by atoms with Gasteiger partial charge in [-0.2, -0.15) is 0 Å². The first kappa shape index (κ1) is 66.9. The first-order valence-corrected chi connectivity index (χ1v) is 30.9. The molecule has 0 spiro atoms. The van der Waals surface area contributed by atoms with Gasteiger partial charge in [0.15, 0.2) is 6.29 Å². The molecule has 7 unspecified atom stereocenters. The van der Waals surface area contributed by atoms with Crippen molar-refractivity contribution in [1.82, 2.24) is 5.32 Å². The number of aliphatic hydroxyl groups is 5. The zero-order valence-corrected chi connectivity index (χ0v) is 46.3. The summed E-state index contributed by atoms with van der Waals surface area (Å²) in [4.78, 5) is 13.1. The van der Waals surface area contributed by atoms with Gasteiger partial charge in [0.1, 0.15) is 24.4 Å². The zero-order valence-electron chi connectivity index (χ0n) is 46.3. The van der Waals surface area contributed by atoms with Crippen molar-refractivity contribution in [2.45, 2.75) is 358 Å². The quantitative estimate of drug-likeness (QED) is 0.0261. The SMILES string of the molecule is CCCCCCCCCCCCCC/C=C\CCCCCCCCCCCCCCCC(=O)NC(COC1OC(CO)C(O)C(O)C1O)C(O)CCCCCCCCCCCCCCCCCCCC. The molecule has 6 N–H and O–H groups in total. The third-order valence-electron chi connectivity index (χ3n) is 15.1. The molecule has 1 amide bonds. The summed E-state index contributed by atoms with van der Waals surface area (Å²) in [7, 11) is 0. The van der Waals surface area contributed by atoms with Gasteiger partial charge in [0, 0.05) is 6.42 Å². The van der Waals surface area contributed by atoms with Crippen molar-refractivity contribution in [3.8, 4) is 0 Å². The van der Waals surface area contributed by atoms with Gasteiger partial charge in [0.05, 0.1) is 25.4 Å². The molecule has 9 heteroatoms. The maximum Gasteiger partial charge on any atom is 0.220 e. The Bertz CT molecular complexity index is 1110. The number of unbranched alkanes of at least 4 members (excludes halogenated alkanes) is 42. The summed E-state index contributed by atoms with van der Waals surface area (Å²) in [5, 5.41) is 54.7. The molecule has 1 saturated heterocycles. The van der Waals surface area contributed by atoms with E-state index in [0.717, 1.165) is 38.5 Å². The van der Waals surface area contributed by atoms with E-state index in [4.69, 9.17) is 9.47 Å². The Balaban J connectivity index is 2.14. The lowest BCUT2D eigenvalue weighted by Crippen LogP contribution is -2.60. The molecule has 1 fully saturated rings. The summed E-state index contributed by atoms with van der Waals surface area (Å²) in [5.74, 6) is -0.138. The fraction of sp³-hybridized carbons (Fsp3) is 0.951. The van der Waals surface area contributed by atoms with E-state index in [1.807, 2.05) is 0 Å². The van der Waals surface area contributed by atoms with Crippen LogP contribution in [0.4, 0.5) is 0 Å². The van der Waals surface area contributed by atoms with Gasteiger partial charge in [-0.05, 0) is 38.5 Å². The fourth-order valence-electron chi connectivity index (χ4n) is 10.2. The highest BCUT2D eigenvalue weighted by atomic mass is 16.7. The van der Waals surface area contributed by atoms with Crippen LogP contribution in [0.2, 0.25) is 0 Å². The molecular weight excluding hydrogens is 875 g/mol. The molecule has 0 aromatic heterocycles. The van der Waals surface area contributed by atoms with Crippen LogP contribution in [-0.4, -0.2) is 87.5 Å². The zero-order chi connectivity index (χ0) is 50.8. The number of carbonyl (C=O) groups excluding carboxylic acids is 1.